The van der Waals surface area contributed by atoms with Gasteiger partial charge in [-0.25, -0.2) is 15.0 Å². The summed E-state index contributed by atoms with van der Waals surface area (Å²) >= 11 is 0. The van der Waals surface area contributed by atoms with Crippen LogP contribution in [0.1, 0.15) is 57.9 Å². The van der Waals surface area contributed by atoms with Gasteiger partial charge >= 0.3 is 0 Å². The fourth-order valence-electron chi connectivity index (χ4n) is 2.02. The summed E-state index contributed by atoms with van der Waals surface area (Å²) in [5.41, 5.74) is 2.04. The van der Waals surface area contributed by atoms with E-state index >= 15 is 0 Å². The second-order valence-electron chi connectivity index (χ2n) is 6.66. The van der Waals surface area contributed by atoms with Gasteiger partial charge in [0.1, 0.15) is 11.6 Å². The van der Waals surface area contributed by atoms with Crippen LogP contribution in [0, 0.1) is 6.92 Å². The first kappa shape index (κ1) is 15.6. The SMILES string of the molecule is Cc1nccn1-c1cnc(C(C)C)nc1CNC(C)(C)C. The van der Waals surface area contributed by atoms with Gasteiger partial charge in [0.15, 0.2) is 0 Å². The number of aryl methyl sites for hydroxylation is 1. The molecule has 0 aliphatic heterocycles. The van der Waals surface area contributed by atoms with E-state index in [0.717, 1.165) is 23.0 Å². The summed E-state index contributed by atoms with van der Waals surface area (Å²) in [7, 11) is 0. The van der Waals surface area contributed by atoms with Crippen LogP contribution >= 0.6 is 0 Å². The molecule has 0 aliphatic rings. The topological polar surface area (TPSA) is 55.6 Å². The van der Waals surface area contributed by atoms with Gasteiger partial charge in [-0.3, -0.25) is 0 Å². The van der Waals surface area contributed by atoms with Gasteiger partial charge in [0, 0.05) is 30.4 Å². The highest BCUT2D eigenvalue weighted by atomic mass is 15.1. The van der Waals surface area contributed by atoms with Crippen molar-refractivity contribution in [1.29, 1.82) is 0 Å². The van der Waals surface area contributed by atoms with Crippen LogP contribution in [0.15, 0.2) is 18.6 Å². The van der Waals surface area contributed by atoms with E-state index in [-0.39, 0.29) is 5.54 Å². The molecular formula is C16H25N5. The third-order valence-corrected chi connectivity index (χ3v) is 3.25. The van der Waals surface area contributed by atoms with Crippen molar-refractivity contribution < 1.29 is 0 Å². The third kappa shape index (κ3) is 3.88. The maximum atomic E-state index is 4.75. The minimum Gasteiger partial charge on any atom is -0.306 e. The fraction of sp³-hybridized carbons (Fsp3) is 0.562. The van der Waals surface area contributed by atoms with Crippen molar-refractivity contribution in [3.63, 3.8) is 0 Å². The van der Waals surface area contributed by atoms with Crippen molar-refractivity contribution in [2.75, 3.05) is 0 Å². The molecule has 0 unspecified atom stereocenters. The van der Waals surface area contributed by atoms with Crippen LogP contribution in [0.4, 0.5) is 0 Å². The van der Waals surface area contributed by atoms with Gasteiger partial charge in [-0.05, 0) is 27.7 Å². The molecule has 2 rings (SSSR count). The summed E-state index contributed by atoms with van der Waals surface area (Å²) in [6, 6.07) is 0. The third-order valence-electron chi connectivity index (χ3n) is 3.25. The van der Waals surface area contributed by atoms with E-state index in [9.17, 15) is 0 Å². The van der Waals surface area contributed by atoms with E-state index in [1.807, 2.05) is 23.9 Å². The van der Waals surface area contributed by atoms with Crippen LogP contribution in [0.3, 0.4) is 0 Å². The number of imidazole rings is 1. The molecule has 0 radical (unpaired) electrons. The number of nitrogens with one attached hydrogen (secondary N) is 1. The number of hydrogen-bond donors (Lipinski definition) is 1. The molecule has 0 atom stereocenters. The average molecular weight is 287 g/mol. The predicted molar refractivity (Wildman–Crippen MR) is 84.6 cm³/mol. The average Bonchev–Trinajstić information content (AvgIpc) is 2.81. The van der Waals surface area contributed by atoms with Gasteiger partial charge in [0.25, 0.3) is 0 Å². The maximum Gasteiger partial charge on any atom is 0.131 e. The molecule has 114 valence electrons. The summed E-state index contributed by atoms with van der Waals surface area (Å²) in [5, 5.41) is 3.50. The van der Waals surface area contributed by atoms with Crippen LogP contribution in [0.2, 0.25) is 0 Å². The molecule has 2 heterocycles. The molecule has 0 bridgehead atoms. The van der Waals surface area contributed by atoms with Crippen molar-refractivity contribution in [2.45, 2.75) is 59.5 Å². The monoisotopic (exact) mass is 287 g/mol. The van der Waals surface area contributed by atoms with Crippen LogP contribution < -0.4 is 5.32 Å². The van der Waals surface area contributed by atoms with Gasteiger partial charge in [-0.1, -0.05) is 13.8 Å². The first-order valence-electron chi connectivity index (χ1n) is 7.39. The Balaban J connectivity index is 2.42. The molecule has 2 aromatic heterocycles. The first-order chi connectivity index (χ1) is 9.78. The predicted octanol–water partition coefficient (Wildman–Crippen LogP) is 2.98. The normalized spacial score (nSPS) is 12.1. The van der Waals surface area contributed by atoms with E-state index in [1.54, 1.807) is 6.20 Å². The highest BCUT2D eigenvalue weighted by Crippen LogP contribution is 2.18. The second kappa shape index (κ2) is 5.93. The standard InChI is InChI=1S/C16H25N5/c1-11(2)15-18-10-14(21-8-7-17-12(21)3)13(20-15)9-19-16(4,5)6/h7-8,10-11,19H,9H2,1-6H3. The van der Waals surface area contributed by atoms with Crippen LogP contribution in [-0.4, -0.2) is 25.1 Å². The van der Waals surface area contributed by atoms with Crippen LogP contribution in [0.25, 0.3) is 5.69 Å². The number of nitrogens with zero attached hydrogens (tertiary/aromatic N) is 4. The summed E-state index contributed by atoms with van der Waals surface area (Å²) in [6.45, 7) is 13.4. The molecule has 0 fully saturated rings. The van der Waals surface area contributed by atoms with Crippen LogP contribution in [-0.2, 0) is 6.54 Å². The molecule has 0 spiro atoms. The Hall–Kier alpha value is -1.75. The number of aromatic nitrogens is 4. The van der Waals surface area contributed by atoms with Gasteiger partial charge in [-0.15, -0.1) is 0 Å². The highest BCUT2D eigenvalue weighted by Gasteiger charge is 2.15. The Labute approximate surface area is 126 Å². The zero-order chi connectivity index (χ0) is 15.6. The fourth-order valence-corrected chi connectivity index (χ4v) is 2.02. The van der Waals surface area contributed by atoms with E-state index in [1.165, 1.54) is 0 Å². The lowest BCUT2D eigenvalue weighted by atomic mass is 10.1. The molecule has 5 nitrogen and oxygen atoms in total. The minimum atomic E-state index is 0.0458. The highest BCUT2D eigenvalue weighted by molar-refractivity contribution is 5.36. The molecule has 2 aromatic rings. The van der Waals surface area contributed by atoms with Crippen molar-refractivity contribution in [3.8, 4) is 5.69 Å². The van der Waals surface area contributed by atoms with E-state index in [4.69, 9.17) is 4.98 Å². The summed E-state index contributed by atoms with van der Waals surface area (Å²) < 4.78 is 2.03. The molecule has 0 amide bonds. The summed E-state index contributed by atoms with van der Waals surface area (Å²) in [5.74, 6) is 2.13. The van der Waals surface area contributed by atoms with E-state index in [0.29, 0.717) is 12.5 Å². The molecule has 21 heavy (non-hydrogen) atoms. The lowest BCUT2D eigenvalue weighted by Gasteiger charge is -2.22. The van der Waals surface area contributed by atoms with Crippen LogP contribution in [0.5, 0.6) is 0 Å². The number of hydrogen-bond acceptors (Lipinski definition) is 4. The minimum absolute atomic E-state index is 0.0458. The smallest absolute Gasteiger partial charge is 0.131 e. The molecular weight excluding hydrogens is 262 g/mol. The van der Waals surface area contributed by atoms with Crippen molar-refractivity contribution in [3.05, 3.63) is 35.9 Å². The Morgan fingerprint density at radius 1 is 1.24 bits per heavy atom. The largest absolute Gasteiger partial charge is 0.306 e. The number of rotatable bonds is 4. The first-order valence-corrected chi connectivity index (χ1v) is 7.39. The quantitative estimate of drug-likeness (QED) is 0.939. The Bertz CT molecular complexity index is 607. The van der Waals surface area contributed by atoms with Crippen molar-refractivity contribution in [1.82, 2.24) is 24.8 Å². The lowest BCUT2D eigenvalue weighted by Crippen LogP contribution is -2.35. The Morgan fingerprint density at radius 3 is 2.48 bits per heavy atom. The van der Waals surface area contributed by atoms with Gasteiger partial charge in [0.05, 0.1) is 17.6 Å². The zero-order valence-electron chi connectivity index (χ0n) is 13.8. The Morgan fingerprint density at radius 2 is 1.95 bits per heavy atom. The van der Waals surface area contributed by atoms with Gasteiger partial charge in [-0.2, -0.15) is 0 Å². The Kier molecular flexibility index (Phi) is 4.42. The van der Waals surface area contributed by atoms with E-state index in [2.05, 4.69) is 49.9 Å². The zero-order valence-corrected chi connectivity index (χ0v) is 13.8. The second-order valence-corrected chi connectivity index (χ2v) is 6.66. The maximum absolute atomic E-state index is 4.75. The van der Waals surface area contributed by atoms with Crippen molar-refractivity contribution >= 4 is 0 Å². The lowest BCUT2D eigenvalue weighted by molar-refractivity contribution is 0.420. The van der Waals surface area contributed by atoms with E-state index < -0.39 is 0 Å². The molecule has 0 aliphatic carbocycles. The summed E-state index contributed by atoms with van der Waals surface area (Å²) in [4.78, 5) is 13.5. The molecule has 0 saturated heterocycles. The van der Waals surface area contributed by atoms with Gasteiger partial charge < -0.3 is 9.88 Å². The van der Waals surface area contributed by atoms with Crippen molar-refractivity contribution in [2.24, 2.45) is 0 Å². The summed E-state index contributed by atoms with van der Waals surface area (Å²) in [6.07, 6.45) is 5.65. The van der Waals surface area contributed by atoms with Gasteiger partial charge in [0.2, 0.25) is 0 Å². The molecule has 0 aromatic carbocycles. The molecule has 0 saturated carbocycles. The molecule has 1 N–H and O–H groups in total. The molecule has 5 heteroatoms.